The first-order valence-corrected chi connectivity index (χ1v) is 12.2. The number of fused-ring (bicyclic) bond motifs is 1. The maximum Gasteiger partial charge on any atom is 0.311 e. The first kappa shape index (κ1) is 20.5. The van der Waals surface area contributed by atoms with Gasteiger partial charge in [-0.05, 0) is 25.5 Å². The molecule has 8 nitrogen and oxygen atoms in total. The van der Waals surface area contributed by atoms with E-state index in [1.807, 2.05) is 24.3 Å². The van der Waals surface area contributed by atoms with E-state index in [1.54, 1.807) is 19.2 Å². The third-order valence-electron chi connectivity index (χ3n) is 5.34. The Morgan fingerprint density at radius 2 is 2.17 bits per heavy atom. The number of hydrogen-bond acceptors (Lipinski definition) is 7. The number of aliphatic imine (C=N–C) groups is 1. The highest BCUT2D eigenvalue weighted by atomic mass is 32.2. The van der Waals surface area contributed by atoms with Gasteiger partial charge >= 0.3 is 4.87 Å². The molecular formula is C20H21N3O5S2. The highest BCUT2D eigenvalue weighted by Crippen LogP contribution is 2.34. The van der Waals surface area contributed by atoms with Crippen molar-refractivity contribution in [3.8, 4) is 5.88 Å². The molecule has 1 N–H and O–H groups in total. The molecule has 1 aromatic heterocycles. The van der Waals surface area contributed by atoms with Gasteiger partial charge in [0.2, 0.25) is 11.8 Å². The van der Waals surface area contributed by atoms with Crippen molar-refractivity contribution in [2.45, 2.75) is 25.9 Å². The van der Waals surface area contributed by atoms with Gasteiger partial charge in [0.25, 0.3) is 0 Å². The molecule has 1 atom stereocenters. The fourth-order valence-corrected chi connectivity index (χ4v) is 6.40. The molecule has 4 rings (SSSR count). The molecule has 2 aromatic rings. The zero-order chi connectivity index (χ0) is 21.5. The van der Waals surface area contributed by atoms with E-state index in [9.17, 15) is 23.1 Å². The van der Waals surface area contributed by atoms with E-state index in [4.69, 9.17) is 0 Å². The second kappa shape index (κ2) is 7.84. The van der Waals surface area contributed by atoms with Crippen molar-refractivity contribution in [2.24, 2.45) is 4.99 Å². The van der Waals surface area contributed by atoms with Crippen LogP contribution < -0.4 is 4.87 Å². The molecule has 2 aliphatic heterocycles. The van der Waals surface area contributed by atoms with Gasteiger partial charge in [0.05, 0.1) is 22.1 Å². The topological polar surface area (TPSA) is 109 Å². The minimum atomic E-state index is -3.14. The smallest absolute Gasteiger partial charge is 0.311 e. The number of sulfone groups is 1. The summed E-state index contributed by atoms with van der Waals surface area (Å²) in [6, 6.07) is 7.16. The van der Waals surface area contributed by atoms with Crippen LogP contribution in [0.25, 0.3) is 11.6 Å². The van der Waals surface area contributed by atoms with E-state index in [0.29, 0.717) is 17.8 Å². The SMILES string of the molecule is CCN(C(=O)Cn1c(O)c(/C=C2\C=Nc3ccccc32)sc1=O)C1CCS(=O)(=O)C1. The molecule has 1 saturated heterocycles. The standard InChI is InChI=1S/C20H21N3O5S2/c1-2-22(14-7-8-30(27,28)12-14)18(24)11-23-19(25)17(29-20(23)26)9-13-10-21-16-6-4-3-5-15(13)16/h3-6,9-10,14,25H,2,7-8,11-12H2,1H3/b13-9+. The van der Waals surface area contributed by atoms with Crippen molar-refractivity contribution in [2.75, 3.05) is 18.1 Å². The zero-order valence-electron chi connectivity index (χ0n) is 16.3. The third kappa shape index (κ3) is 3.84. The van der Waals surface area contributed by atoms with Crippen LogP contribution in [0.15, 0.2) is 34.1 Å². The van der Waals surface area contributed by atoms with Crippen LogP contribution in [-0.4, -0.2) is 59.2 Å². The van der Waals surface area contributed by atoms with Crippen LogP contribution in [0, 0.1) is 0 Å². The Balaban J connectivity index is 1.57. The molecule has 1 fully saturated rings. The summed E-state index contributed by atoms with van der Waals surface area (Å²) >= 11 is 0.849. The Bertz CT molecular complexity index is 1220. The molecule has 158 valence electrons. The first-order valence-electron chi connectivity index (χ1n) is 9.56. The van der Waals surface area contributed by atoms with Crippen molar-refractivity contribution in [1.29, 1.82) is 0 Å². The van der Waals surface area contributed by atoms with Crippen molar-refractivity contribution in [3.63, 3.8) is 0 Å². The van der Waals surface area contributed by atoms with Crippen LogP contribution in [0.5, 0.6) is 5.88 Å². The average Bonchev–Trinajstić information content (AvgIpc) is 3.35. The molecule has 0 aliphatic carbocycles. The lowest BCUT2D eigenvalue weighted by atomic mass is 10.1. The van der Waals surface area contributed by atoms with Crippen molar-refractivity contribution in [1.82, 2.24) is 9.47 Å². The van der Waals surface area contributed by atoms with Crippen molar-refractivity contribution >= 4 is 50.6 Å². The molecule has 1 unspecified atom stereocenters. The van der Waals surface area contributed by atoms with Crippen LogP contribution >= 0.6 is 11.3 Å². The number of aromatic hydroxyl groups is 1. The van der Waals surface area contributed by atoms with E-state index in [1.165, 1.54) is 4.90 Å². The summed E-state index contributed by atoms with van der Waals surface area (Å²) in [5.41, 5.74) is 2.49. The second-order valence-corrected chi connectivity index (χ2v) is 10.5. The molecule has 2 aliphatic rings. The molecule has 10 heteroatoms. The second-order valence-electron chi connectivity index (χ2n) is 7.25. The predicted molar refractivity (Wildman–Crippen MR) is 117 cm³/mol. The van der Waals surface area contributed by atoms with E-state index in [-0.39, 0.29) is 29.8 Å². The van der Waals surface area contributed by atoms with Crippen LogP contribution in [-0.2, 0) is 21.2 Å². The lowest BCUT2D eigenvalue weighted by Gasteiger charge is -2.27. The minimum absolute atomic E-state index is 0.0614. The molecule has 1 aromatic carbocycles. The number of likely N-dealkylation sites (N-methyl/N-ethyl adjacent to an activating group) is 1. The number of nitrogens with zero attached hydrogens (tertiary/aromatic N) is 3. The van der Waals surface area contributed by atoms with E-state index in [2.05, 4.69) is 4.99 Å². The lowest BCUT2D eigenvalue weighted by molar-refractivity contribution is -0.133. The summed E-state index contributed by atoms with van der Waals surface area (Å²) in [7, 11) is -3.14. The van der Waals surface area contributed by atoms with Gasteiger partial charge in [0.15, 0.2) is 9.84 Å². The normalized spacial score (nSPS) is 20.6. The summed E-state index contributed by atoms with van der Waals surface area (Å²) in [6.45, 7) is 1.77. The highest BCUT2D eigenvalue weighted by molar-refractivity contribution is 7.91. The number of aromatic nitrogens is 1. The molecule has 0 radical (unpaired) electrons. The van der Waals surface area contributed by atoms with Gasteiger partial charge < -0.3 is 10.0 Å². The van der Waals surface area contributed by atoms with Crippen LogP contribution in [0.2, 0.25) is 0 Å². The monoisotopic (exact) mass is 447 g/mol. The third-order valence-corrected chi connectivity index (χ3v) is 8.01. The molecule has 3 heterocycles. The Morgan fingerprint density at radius 1 is 1.40 bits per heavy atom. The van der Waals surface area contributed by atoms with Gasteiger partial charge in [-0.2, -0.15) is 0 Å². The van der Waals surface area contributed by atoms with Gasteiger partial charge in [-0.1, -0.05) is 29.5 Å². The number of thiazole rings is 1. The quantitative estimate of drug-likeness (QED) is 0.753. The Morgan fingerprint density at radius 3 is 2.87 bits per heavy atom. The van der Waals surface area contributed by atoms with Gasteiger partial charge in [-0.25, -0.2) is 8.42 Å². The molecule has 1 amide bonds. The van der Waals surface area contributed by atoms with Crippen LogP contribution in [0.3, 0.4) is 0 Å². The van der Waals surface area contributed by atoms with Crippen LogP contribution in [0.4, 0.5) is 5.69 Å². The van der Waals surface area contributed by atoms with E-state index in [0.717, 1.165) is 32.7 Å². The fraction of sp³-hybridized carbons (Fsp3) is 0.350. The highest BCUT2D eigenvalue weighted by Gasteiger charge is 2.34. The van der Waals surface area contributed by atoms with E-state index >= 15 is 0 Å². The first-order chi connectivity index (χ1) is 14.3. The number of hydrogen-bond donors (Lipinski definition) is 1. The number of carbonyl (C=O) groups excluding carboxylic acids is 1. The molecule has 0 saturated carbocycles. The number of para-hydroxylation sites is 1. The van der Waals surface area contributed by atoms with Gasteiger partial charge in [0.1, 0.15) is 6.54 Å². The lowest BCUT2D eigenvalue weighted by Crippen LogP contribution is -2.43. The Labute approximate surface area is 177 Å². The van der Waals surface area contributed by atoms with Crippen molar-refractivity contribution < 1.29 is 18.3 Å². The number of amides is 1. The zero-order valence-corrected chi connectivity index (χ0v) is 17.9. The molecule has 30 heavy (non-hydrogen) atoms. The molecular weight excluding hydrogens is 426 g/mol. The Kier molecular flexibility index (Phi) is 5.37. The minimum Gasteiger partial charge on any atom is -0.493 e. The number of benzene rings is 1. The van der Waals surface area contributed by atoms with Gasteiger partial charge in [-0.3, -0.25) is 19.1 Å². The number of allylic oxidation sites excluding steroid dienone is 1. The number of carbonyl (C=O) groups is 1. The average molecular weight is 448 g/mol. The number of rotatable bonds is 5. The van der Waals surface area contributed by atoms with Gasteiger partial charge in [-0.15, -0.1) is 0 Å². The summed E-state index contributed by atoms with van der Waals surface area (Å²) in [4.78, 5) is 30.9. The fourth-order valence-electron chi connectivity index (χ4n) is 3.83. The van der Waals surface area contributed by atoms with Gasteiger partial charge in [0, 0.05) is 29.9 Å². The Hall–Kier alpha value is -2.72. The summed E-state index contributed by atoms with van der Waals surface area (Å²) in [5.74, 6) is -0.667. The van der Waals surface area contributed by atoms with Crippen molar-refractivity contribution in [3.05, 3.63) is 44.4 Å². The maximum atomic E-state index is 12.8. The predicted octanol–water partition coefficient (Wildman–Crippen LogP) is 1.91. The molecule has 0 spiro atoms. The molecule has 0 bridgehead atoms. The summed E-state index contributed by atoms with van der Waals surface area (Å²) in [5, 5.41) is 10.6. The van der Waals surface area contributed by atoms with E-state index < -0.39 is 20.8 Å². The summed E-state index contributed by atoms with van der Waals surface area (Å²) in [6.07, 6.45) is 3.74. The summed E-state index contributed by atoms with van der Waals surface area (Å²) < 4.78 is 24.5. The van der Waals surface area contributed by atoms with Crippen LogP contribution in [0.1, 0.15) is 23.8 Å². The maximum absolute atomic E-state index is 12.8. The largest absolute Gasteiger partial charge is 0.493 e.